The second kappa shape index (κ2) is 3.75. The second-order valence-corrected chi connectivity index (χ2v) is 3.15. The van der Waals surface area contributed by atoms with Crippen LogP contribution in [-0.4, -0.2) is 29.6 Å². The van der Waals surface area contributed by atoms with E-state index in [9.17, 15) is 14.4 Å². The number of carbonyl (C=O) groups is 3. The van der Waals surface area contributed by atoms with Crippen molar-refractivity contribution in [3.05, 3.63) is 0 Å². The van der Waals surface area contributed by atoms with Crippen molar-refractivity contribution in [2.75, 3.05) is 6.61 Å². The first-order valence-electron chi connectivity index (χ1n) is 4.34. The summed E-state index contributed by atoms with van der Waals surface area (Å²) in [6.45, 7) is 1.38. The molecule has 1 heterocycles. The van der Waals surface area contributed by atoms with Gasteiger partial charge >= 0.3 is 6.03 Å². The van der Waals surface area contributed by atoms with Crippen molar-refractivity contribution >= 4 is 17.8 Å². The van der Waals surface area contributed by atoms with E-state index in [1.165, 1.54) is 0 Å². The fraction of sp³-hybridized carbons (Fsp3) is 0.625. The van der Waals surface area contributed by atoms with E-state index in [0.29, 0.717) is 0 Å². The highest BCUT2D eigenvalue weighted by molar-refractivity contribution is 6.19. The Kier molecular flexibility index (Phi) is 2.85. The predicted octanol–water partition coefficient (Wildman–Crippen LogP) is -0.869. The van der Waals surface area contributed by atoms with Crippen LogP contribution >= 0.6 is 0 Å². The third-order valence-corrected chi connectivity index (χ3v) is 2.47. The summed E-state index contributed by atoms with van der Waals surface area (Å²) < 4.78 is 0. The molecule has 0 aromatic heterocycles. The van der Waals surface area contributed by atoms with E-state index >= 15 is 0 Å². The van der Waals surface area contributed by atoms with Crippen molar-refractivity contribution < 1.29 is 19.5 Å². The molecule has 0 spiro atoms. The van der Waals surface area contributed by atoms with Gasteiger partial charge in [0.05, 0.1) is 0 Å². The predicted molar refractivity (Wildman–Crippen MR) is 46.1 cm³/mol. The maximum Gasteiger partial charge on any atom is 0.328 e. The molecule has 1 saturated heterocycles. The van der Waals surface area contributed by atoms with Crippen LogP contribution in [0.25, 0.3) is 0 Å². The van der Waals surface area contributed by atoms with Crippen molar-refractivity contribution in [3.63, 3.8) is 0 Å². The van der Waals surface area contributed by atoms with Gasteiger partial charge in [-0.3, -0.25) is 20.2 Å². The summed E-state index contributed by atoms with van der Waals surface area (Å²) in [6.07, 6.45) is 0.271. The van der Waals surface area contributed by atoms with E-state index in [2.05, 4.69) is 0 Å². The number of hydrogen-bond acceptors (Lipinski definition) is 4. The molecule has 6 nitrogen and oxygen atoms in total. The number of aliphatic hydroxyl groups excluding tert-OH is 1. The zero-order chi connectivity index (χ0) is 10.8. The van der Waals surface area contributed by atoms with Crippen molar-refractivity contribution in [2.24, 2.45) is 5.41 Å². The van der Waals surface area contributed by atoms with Crippen LogP contribution in [0.4, 0.5) is 4.79 Å². The van der Waals surface area contributed by atoms with Gasteiger partial charge in [0, 0.05) is 6.61 Å². The average molecular weight is 200 g/mol. The molecule has 0 atom stereocenters. The van der Waals surface area contributed by atoms with Gasteiger partial charge in [-0.05, 0) is 12.8 Å². The molecule has 78 valence electrons. The molecular weight excluding hydrogens is 188 g/mol. The number of rotatable bonds is 3. The van der Waals surface area contributed by atoms with E-state index in [1.54, 1.807) is 6.92 Å². The van der Waals surface area contributed by atoms with E-state index in [1.807, 2.05) is 10.6 Å². The molecule has 0 unspecified atom stereocenters. The highest BCUT2D eigenvalue weighted by Gasteiger charge is 2.48. The Morgan fingerprint density at radius 2 is 1.71 bits per heavy atom. The van der Waals surface area contributed by atoms with E-state index in [0.717, 1.165) is 0 Å². The fourth-order valence-corrected chi connectivity index (χ4v) is 1.50. The fourth-order valence-electron chi connectivity index (χ4n) is 1.50. The molecule has 14 heavy (non-hydrogen) atoms. The van der Waals surface area contributed by atoms with Crippen LogP contribution in [0.5, 0.6) is 0 Å². The molecule has 1 rings (SSSR count). The van der Waals surface area contributed by atoms with Crippen LogP contribution < -0.4 is 10.6 Å². The van der Waals surface area contributed by atoms with Crippen molar-refractivity contribution in [3.8, 4) is 0 Å². The lowest BCUT2D eigenvalue weighted by atomic mass is 9.79. The van der Waals surface area contributed by atoms with Crippen LogP contribution in [0.15, 0.2) is 0 Å². The summed E-state index contributed by atoms with van der Waals surface area (Å²) in [5.74, 6) is -1.27. The minimum absolute atomic E-state index is 0.0223. The zero-order valence-corrected chi connectivity index (χ0v) is 7.79. The summed E-state index contributed by atoms with van der Waals surface area (Å²) in [7, 11) is 0. The van der Waals surface area contributed by atoms with Crippen LogP contribution in [0, 0.1) is 5.41 Å². The summed E-state index contributed by atoms with van der Waals surface area (Å²) in [4.78, 5) is 33.7. The van der Waals surface area contributed by atoms with Crippen LogP contribution in [0.2, 0.25) is 0 Å². The lowest BCUT2D eigenvalue weighted by Gasteiger charge is -2.32. The molecule has 1 aliphatic heterocycles. The molecule has 0 aliphatic carbocycles. The van der Waals surface area contributed by atoms with Gasteiger partial charge in [0.1, 0.15) is 5.41 Å². The maximum absolute atomic E-state index is 11.5. The molecule has 1 fully saturated rings. The highest BCUT2D eigenvalue weighted by Crippen LogP contribution is 2.28. The minimum atomic E-state index is -1.30. The molecule has 0 aromatic carbocycles. The summed E-state index contributed by atoms with van der Waals surface area (Å²) in [6, 6.07) is -0.804. The van der Waals surface area contributed by atoms with Crippen molar-refractivity contribution in [1.29, 1.82) is 0 Å². The molecule has 0 bridgehead atoms. The third-order valence-electron chi connectivity index (χ3n) is 2.47. The van der Waals surface area contributed by atoms with Crippen molar-refractivity contribution in [1.82, 2.24) is 10.6 Å². The minimum Gasteiger partial charge on any atom is -0.396 e. The number of carbonyl (C=O) groups excluding carboxylic acids is 3. The lowest BCUT2D eigenvalue weighted by Crippen LogP contribution is -2.62. The zero-order valence-electron chi connectivity index (χ0n) is 7.79. The molecular formula is C8H12N2O4. The van der Waals surface area contributed by atoms with E-state index < -0.39 is 23.3 Å². The van der Waals surface area contributed by atoms with Gasteiger partial charge in [0.2, 0.25) is 11.8 Å². The van der Waals surface area contributed by atoms with Crippen LogP contribution in [0.3, 0.4) is 0 Å². The Balaban J connectivity index is 2.97. The molecule has 1 aliphatic rings. The second-order valence-electron chi connectivity index (χ2n) is 3.15. The summed E-state index contributed by atoms with van der Waals surface area (Å²) in [5, 5.41) is 12.8. The normalized spacial score (nSPS) is 20.3. The quantitative estimate of drug-likeness (QED) is 0.516. The lowest BCUT2D eigenvalue weighted by molar-refractivity contribution is -0.145. The number of nitrogens with one attached hydrogen (secondary N) is 2. The first-order chi connectivity index (χ1) is 6.56. The SMILES string of the molecule is CCC1(CCO)C(=O)NC(=O)NC1=O. The number of hydrogen-bond donors (Lipinski definition) is 3. The molecule has 0 aromatic rings. The summed E-state index contributed by atoms with van der Waals surface area (Å²) >= 11 is 0. The average Bonchev–Trinajstić information content (AvgIpc) is 2.11. The first-order valence-corrected chi connectivity index (χ1v) is 4.34. The number of urea groups is 1. The maximum atomic E-state index is 11.5. The summed E-state index contributed by atoms with van der Waals surface area (Å²) in [5.41, 5.74) is -1.30. The Hall–Kier alpha value is -1.43. The Labute approximate surface area is 80.7 Å². The van der Waals surface area contributed by atoms with Gasteiger partial charge in [-0.15, -0.1) is 0 Å². The van der Waals surface area contributed by atoms with Gasteiger partial charge < -0.3 is 5.11 Å². The topological polar surface area (TPSA) is 95.5 Å². The van der Waals surface area contributed by atoms with Crippen LogP contribution in [0.1, 0.15) is 19.8 Å². The molecule has 4 amide bonds. The standard InChI is InChI=1S/C8H12N2O4/c1-2-8(3-4-11)5(12)9-7(14)10-6(8)13/h11H,2-4H2,1H3,(H2,9,10,12,13,14). The monoisotopic (exact) mass is 200 g/mol. The molecule has 3 N–H and O–H groups in total. The molecule has 0 radical (unpaired) electrons. The van der Waals surface area contributed by atoms with Gasteiger partial charge in [-0.1, -0.05) is 6.92 Å². The van der Waals surface area contributed by atoms with Gasteiger partial charge in [-0.25, -0.2) is 4.79 Å². The Bertz CT molecular complexity index is 267. The van der Waals surface area contributed by atoms with Crippen molar-refractivity contribution in [2.45, 2.75) is 19.8 Å². The smallest absolute Gasteiger partial charge is 0.328 e. The van der Waals surface area contributed by atoms with E-state index in [4.69, 9.17) is 5.11 Å². The largest absolute Gasteiger partial charge is 0.396 e. The number of barbiturate groups is 1. The number of imide groups is 2. The highest BCUT2D eigenvalue weighted by atomic mass is 16.3. The Morgan fingerprint density at radius 1 is 1.21 bits per heavy atom. The van der Waals surface area contributed by atoms with Gasteiger partial charge in [-0.2, -0.15) is 0 Å². The van der Waals surface area contributed by atoms with Gasteiger partial charge in [0.15, 0.2) is 0 Å². The van der Waals surface area contributed by atoms with E-state index in [-0.39, 0.29) is 19.4 Å². The third kappa shape index (κ3) is 1.48. The molecule has 0 saturated carbocycles. The molecule has 6 heteroatoms. The number of amides is 4. The first kappa shape index (κ1) is 10.6. The van der Waals surface area contributed by atoms with Crippen LogP contribution in [-0.2, 0) is 9.59 Å². The number of aliphatic hydroxyl groups is 1. The Morgan fingerprint density at radius 3 is 2.07 bits per heavy atom. The van der Waals surface area contributed by atoms with Gasteiger partial charge in [0.25, 0.3) is 0 Å².